The van der Waals surface area contributed by atoms with Crippen LogP contribution in [0.25, 0.3) is 0 Å². The predicted octanol–water partition coefficient (Wildman–Crippen LogP) is 2.27. The van der Waals surface area contributed by atoms with Gasteiger partial charge in [0, 0.05) is 19.9 Å². The van der Waals surface area contributed by atoms with Gasteiger partial charge in [-0.2, -0.15) is 0 Å². The number of rotatable bonds is 10. The van der Waals surface area contributed by atoms with Crippen molar-refractivity contribution >= 4 is 0 Å². The van der Waals surface area contributed by atoms with Crippen LogP contribution < -0.4 is 9.64 Å². The molecule has 0 saturated heterocycles. The zero-order chi connectivity index (χ0) is 19.8. The Balaban J connectivity index is 1.72. The van der Waals surface area contributed by atoms with E-state index < -0.39 is 6.10 Å². The van der Waals surface area contributed by atoms with E-state index >= 15 is 0 Å². The molecule has 0 spiro atoms. The molecule has 2 aromatic rings. The Morgan fingerprint density at radius 3 is 2.71 bits per heavy atom. The van der Waals surface area contributed by atoms with Crippen molar-refractivity contribution in [1.29, 1.82) is 0 Å². The lowest BCUT2D eigenvalue weighted by molar-refractivity contribution is -0.943. The Morgan fingerprint density at radius 2 is 1.96 bits per heavy atom. The molecule has 28 heavy (non-hydrogen) atoms. The first-order valence-corrected chi connectivity index (χ1v) is 10.5. The van der Waals surface area contributed by atoms with Crippen LogP contribution in [0.2, 0.25) is 0 Å². The Kier molecular flexibility index (Phi) is 7.95. The van der Waals surface area contributed by atoms with Crippen LogP contribution in [-0.4, -0.2) is 49.2 Å². The monoisotopic (exact) mass is 387 g/mol. The number of hydrogen-bond acceptors (Lipinski definition) is 3. The summed E-state index contributed by atoms with van der Waals surface area (Å²) in [7, 11) is 3.36. The summed E-state index contributed by atoms with van der Waals surface area (Å²) >= 11 is 0. The third kappa shape index (κ3) is 5.84. The Morgan fingerprint density at radius 1 is 1.14 bits per heavy atom. The number of benzene rings is 1. The zero-order valence-corrected chi connectivity index (χ0v) is 17.3. The second-order valence-electron chi connectivity index (χ2n) is 7.96. The minimum absolute atomic E-state index is 0.404. The summed E-state index contributed by atoms with van der Waals surface area (Å²) in [5, 5.41) is 10.4. The van der Waals surface area contributed by atoms with E-state index in [0.29, 0.717) is 12.6 Å². The molecule has 1 aliphatic carbocycles. The van der Waals surface area contributed by atoms with Crippen molar-refractivity contribution in [3.63, 3.8) is 0 Å². The molecule has 1 aromatic heterocycles. The summed E-state index contributed by atoms with van der Waals surface area (Å²) in [6.45, 7) is 2.91. The Hall–Kier alpha value is -1.82. The van der Waals surface area contributed by atoms with Crippen LogP contribution in [0.5, 0.6) is 5.75 Å². The van der Waals surface area contributed by atoms with Gasteiger partial charge in [0.25, 0.3) is 0 Å². The van der Waals surface area contributed by atoms with Gasteiger partial charge in [-0.15, -0.1) is 0 Å². The van der Waals surface area contributed by atoms with Gasteiger partial charge in [0.15, 0.2) is 0 Å². The van der Waals surface area contributed by atoms with E-state index in [9.17, 15) is 5.11 Å². The molecule has 5 heteroatoms. The minimum Gasteiger partial charge on any atom is -0.497 e. The van der Waals surface area contributed by atoms with E-state index in [0.717, 1.165) is 25.4 Å². The fourth-order valence-electron chi connectivity index (χ4n) is 4.41. The maximum absolute atomic E-state index is 10.4. The number of methoxy groups -OCH3 is 2. The normalized spacial score (nSPS) is 17.4. The molecule has 1 fully saturated rings. The first-order chi connectivity index (χ1) is 13.7. The topological polar surface area (TPSA) is 48.1 Å². The summed E-state index contributed by atoms with van der Waals surface area (Å²) in [5.74, 6) is 0.892. The van der Waals surface area contributed by atoms with Crippen LogP contribution >= 0.6 is 0 Å². The van der Waals surface area contributed by atoms with Crippen molar-refractivity contribution in [2.24, 2.45) is 0 Å². The third-order valence-corrected chi connectivity index (χ3v) is 5.86. The van der Waals surface area contributed by atoms with Gasteiger partial charge in [0.1, 0.15) is 24.9 Å². The Labute approximate surface area is 168 Å². The second kappa shape index (κ2) is 10.6. The van der Waals surface area contributed by atoms with Gasteiger partial charge in [-0.1, -0.05) is 18.6 Å². The molecule has 2 N–H and O–H groups in total. The number of aliphatic hydroxyl groups excluding tert-OH is 1. The lowest BCUT2D eigenvalue weighted by Gasteiger charge is -2.33. The fraction of sp³-hybridized carbons (Fsp3) is 0.565. The van der Waals surface area contributed by atoms with Crippen LogP contribution in [0, 0.1) is 0 Å². The maximum atomic E-state index is 10.4. The van der Waals surface area contributed by atoms with Crippen LogP contribution in [0.1, 0.15) is 43.4 Å². The molecular formula is C23H35N2O3+. The van der Waals surface area contributed by atoms with E-state index in [1.807, 2.05) is 12.1 Å². The SMILES string of the molecule is COC[C@H](O)C[NH+](Cc1cccn1Cc1cccc(OC)c1)C1CCCCC1. The highest BCUT2D eigenvalue weighted by molar-refractivity contribution is 5.29. The molecule has 1 unspecified atom stereocenters. The molecule has 5 nitrogen and oxygen atoms in total. The van der Waals surface area contributed by atoms with Crippen LogP contribution in [-0.2, 0) is 17.8 Å². The summed E-state index contributed by atoms with van der Waals surface area (Å²) < 4.78 is 12.9. The summed E-state index contributed by atoms with van der Waals surface area (Å²) in [6, 6.07) is 13.2. The van der Waals surface area contributed by atoms with Crippen molar-refractivity contribution in [3.05, 3.63) is 53.9 Å². The molecule has 0 amide bonds. The molecule has 3 rings (SSSR count). The highest BCUT2D eigenvalue weighted by atomic mass is 16.5. The average Bonchev–Trinajstić information content (AvgIpc) is 3.15. The van der Waals surface area contributed by atoms with Crippen LogP contribution in [0.3, 0.4) is 0 Å². The van der Waals surface area contributed by atoms with Crippen molar-refractivity contribution in [3.8, 4) is 5.75 Å². The van der Waals surface area contributed by atoms with E-state index in [-0.39, 0.29) is 0 Å². The van der Waals surface area contributed by atoms with E-state index in [4.69, 9.17) is 9.47 Å². The average molecular weight is 388 g/mol. The molecule has 154 valence electrons. The lowest BCUT2D eigenvalue weighted by Crippen LogP contribution is -3.15. The number of hydrogen-bond donors (Lipinski definition) is 2. The molecular weight excluding hydrogens is 352 g/mol. The second-order valence-corrected chi connectivity index (χ2v) is 7.96. The van der Waals surface area contributed by atoms with Crippen molar-refractivity contribution < 1.29 is 19.5 Å². The number of ether oxygens (including phenoxy) is 2. The van der Waals surface area contributed by atoms with Gasteiger partial charge in [-0.3, -0.25) is 0 Å². The fourth-order valence-corrected chi connectivity index (χ4v) is 4.41. The molecule has 1 aliphatic rings. The van der Waals surface area contributed by atoms with Gasteiger partial charge in [0.2, 0.25) is 0 Å². The van der Waals surface area contributed by atoms with Gasteiger partial charge < -0.3 is 24.0 Å². The highest BCUT2D eigenvalue weighted by Gasteiger charge is 2.27. The lowest BCUT2D eigenvalue weighted by atomic mass is 9.94. The summed E-state index contributed by atoms with van der Waals surface area (Å²) in [4.78, 5) is 1.48. The third-order valence-electron chi connectivity index (χ3n) is 5.86. The molecule has 0 bridgehead atoms. The molecule has 0 radical (unpaired) electrons. The first kappa shape index (κ1) is 20.9. The first-order valence-electron chi connectivity index (χ1n) is 10.5. The van der Waals surface area contributed by atoms with Crippen molar-refractivity contribution in [1.82, 2.24) is 4.57 Å². The van der Waals surface area contributed by atoms with Crippen LogP contribution in [0.15, 0.2) is 42.6 Å². The molecule has 0 aliphatic heterocycles. The smallest absolute Gasteiger partial charge is 0.126 e. The number of aliphatic hydroxyl groups is 1. The predicted molar refractivity (Wildman–Crippen MR) is 111 cm³/mol. The van der Waals surface area contributed by atoms with E-state index in [2.05, 4.69) is 35.0 Å². The van der Waals surface area contributed by atoms with E-state index in [1.54, 1.807) is 14.2 Å². The largest absolute Gasteiger partial charge is 0.497 e. The van der Waals surface area contributed by atoms with Crippen molar-refractivity contribution in [2.75, 3.05) is 27.4 Å². The summed E-state index contributed by atoms with van der Waals surface area (Å²) in [5.41, 5.74) is 2.54. The summed E-state index contributed by atoms with van der Waals surface area (Å²) in [6.07, 6.45) is 8.20. The molecule has 1 saturated carbocycles. The van der Waals surface area contributed by atoms with Crippen LogP contribution in [0.4, 0.5) is 0 Å². The minimum atomic E-state index is -0.413. The number of quaternary nitrogens is 1. The highest BCUT2D eigenvalue weighted by Crippen LogP contribution is 2.17. The van der Waals surface area contributed by atoms with Gasteiger partial charge >= 0.3 is 0 Å². The molecule has 1 heterocycles. The number of aromatic nitrogens is 1. The van der Waals surface area contributed by atoms with Gasteiger partial charge in [-0.25, -0.2) is 0 Å². The number of nitrogens with one attached hydrogen (secondary N) is 1. The Bertz CT molecular complexity index is 709. The quantitative estimate of drug-likeness (QED) is 0.658. The molecule has 2 atom stereocenters. The van der Waals surface area contributed by atoms with Gasteiger partial charge in [0.05, 0.1) is 25.5 Å². The van der Waals surface area contributed by atoms with E-state index in [1.165, 1.54) is 48.3 Å². The van der Waals surface area contributed by atoms with Gasteiger partial charge in [-0.05, 0) is 55.5 Å². The zero-order valence-electron chi connectivity index (χ0n) is 17.3. The molecule has 1 aromatic carbocycles. The van der Waals surface area contributed by atoms with Crippen molar-refractivity contribution in [2.45, 2.75) is 57.3 Å². The standard InChI is InChI=1S/C23H34N2O3/c1-27-18-22(26)17-25(20-9-4-3-5-10-20)16-21-11-7-13-24(21)15-19-8-6-12-23(14-19)28-2/h6-8,11-14,20,22,26H,3-5,9-10,15-18H2,1-2H3/p+1/t22-/m1/s1. The number of nitrogens with zero attached hydrogens (tertiary/aromatic N) is 1. The maximum Gasteiger partial charge on any atom is 0.126 e.